The van der Waals surface area contributed by atoms with Gasteiger partial charge in [-0.15, -0.1) is 0 Å². The van der Waals surface area contributed by atoms with E-state index in [1.165, 1.54) is 0 Å². The van der Waals surface area contributed by atoms with E-state index in [9.17, 15) is 9.59 Å². The predicted octanol–water partition coefficient (Wildman–Crippen LogP) is 3.65. The molecule has 3 aromatic rings. The van der Waals surface area contributed by atoms with Gasteiger partial charge in [0.05, 0.1) is 0 Å². The first kappa shape index (κ1) is 17.0. The number of carbonyl (C=O) groups is 2. The van der Waals surface area contributed by atoms with Crippen molar-refractivity contribution in [3.8, 4) is 11.5 Å². The van der Waals surface area contributed by atoms with Crippen LogP contribution in [0, 0.1) is 12.8 Å². The summed E-state index contributed by atoms with van der Waals surface area (Å²) in [5, 5.41) is 9.46. The maximum atomic E-state index is 12.5. The van der Waals surface area contributed by atoms with Gasteiger partial charge in [-0.1, -0.05) is 11.2 Å². The van der Waals surface area contributed by atoms with Gasteiger partial charge in [-0.2, -0.15) is 4.98 Å². The zero-order chi connectivity index (χ0) is 18.8. The monoisotopic (exact) mass is 362 g/mol. The van der Waals surface area contributed by atoms with Crippen LogP contribution in [0.3, 0.4) is 0 Å². The maximum absolute atomic E-state index is 12.5. The molecule has 1 heterocycles. The molecule has 1 aromatic heterocycles. The molecule has 0 saturated heterocycles. The molecule has 1 fully saturated rings. The van der Waals surface area contributed by atoms with Crippen LogP contribution in [0.15, 0.2) is 53.1 Å². The zero-order valence-electron chi connectivity index (χ0n) is 14.7. The third-order valence-corrected chi connectivity index (χ3v) is 4.26. The van der Waals surface area contributed by atoms with Gasteiger partial charge in [-0.25, -0.2) is 0 Å². The molecule has 0 bridgehead atoms. The smallest absolute Gasteiger partial charge is 0.257 e. The first-order chi connectivity index (χ1) is 13.1. The summed E-state index contributed by atoms with van der Waals surface area (Å²) in [7, 11) is 0. The molecule has 2 N–H and O–H groups in total. The third-order valence-electron chi connectivity index (χ3n) is 4.26. The quantitative estimate of drug-likeness (QED) is 0.722. The molecule has 7 nitrogen and oxygen atoms in total. The van der Waals surface area contributed by atoms with Gasteiger partial charge < -0.3 is 15.2 Å². The number of carbonyl (C=O) groups excluding carboxylic acids is 2. The highest BCUT2D eigenvalue weighted by molar-refractivity contribution is 6.05. The summed E-state index contributed by atoms with van der Waals surface area (Å²) in [5.74, 6) is 0.891. The van der Waals surface area contributed by atoms with Crippen molar-refractivity contribution < 1.29 is 14.1 Å². The average Bonchev–Trinajstić information content (AvgIpc) is 3.43. The van der Waals surface area contributed by atoms with Gasteiger partial charge in [0.1, 0.15) is 0 Å². The summed E-state index contributed by atoms with van der Waals surface area (Å²) >= 11 is 0. The molecule has 0 aliphatic heterocycles. The highest BCUT2D eigenvalue weighted by Crippen LogP contribution is 2.30. The molecule has 0 unspecified atom stereocenters. The van der Waals surface area contributed by atoms with E-state index in [1.807, 2.05) is 0 Å². The molecule has 0 spiro atoms. The fourth-order valence-electron chi connectivity index (χ4n) is 2.65. The lowest BCUT2D eigenvalue weighted by molar-refractivity contribution is -0.117. The van der Waals surface area contributed by atoms with Crippen LogP contribution in [0.1, 0.15) is 29.0 Å². The van der Waals surface area contributed by atoms with E-state index in [4.69, 9.17) is 4.52 Å². The van der Waals surface area contributed by atoms with Crippen LogP contribution in [-0.2, 0) is 4.79 Å². The molecule has 1 aliphatic carbocycles. The number of benzene rings is 2. The normalized spacial score (nSPS) is 13.2. The van der Waals surface area contributed by atoms with Gasteiger partial charge in [0.25, 0.3) is 11.8 Å². The van der Waals surface area contributed by atoms with Crippen molar-refractivity contribution in [3.63, 3.8) is 0 Å². The molecule has 4 rings (SSSR count). The van der Waals surface area contributed by atoms with Crippen LogP contribution in [-0.4, -0.2) is 22.0 Å². The minimum Gasteiger partial charge on any atom is -0.334 e. The van der Waals surface area contributed by atoms with Crippen LogP contribution in [0.25, 0.3) is 11.5 Å². The second kappa shape index (κ2) is 7.03. The summed E-state index contributed by atoms with van der Waals surface area (Å²) in [5.41, 5.74) is 2.54. The number of aromatic nitrogens is 2. The average molecular weight is 362 g/mol. The summed E-state index contributed by atoms with van der Waals surface area (Å²) in [6.07, 6.45) is 1.89. The van der Waals surface area contributed by atoms with E-state index in [-0.39, 0.29) is 17.7 Å². The minimum absolute atomic E-state index is 0.0327. The number of amides is 2. The van der Waals surface area contributed by atoms with E-state index in [0.29, 0.717) is 28.7 Å². The Morgan fingerprint density at radius 1 is 1.04 bits per heavy atom. The Balaban J connectivity index is 1.43. The van der Waals surface area contributed by atoms with E-state index in [2.05, 4.69) is 20.8 Å². The summed E-state index contributed by atoms with van der Waals surface area (Å²) in [6, 6.07) is 14.0. The molecule has 0 atom stereocenters. The lowest BCUT2D eigenvalue weighted by Crippen LogP contribution is -2.14. The Kier molecular flexibility index (Phi) is 4.42. The lowest BCUT2D eigenvalue weighted by Gasteiger charge is -2.09. The SMILES string of the molecule is Cc1noc(-c2ccc(C(=O)Nc3cccc(NC(=O)C4CC4)c3)cc2)n1. The molecular formula is C20H18N4O3. The van der Waals surface area contributed by atoms with E-state index >= 15 is 0 Å². The predicted molar refractivity (Wildman–Crippen MR) is 100 cm³/mol. The largest absolute Gasteiger partial charge is 0.334 e. The molecule has 136 valence electrons. The van der Waals surface area contributed by atoms with Crippen molar-refractivity contribution in [1.82, 2.24) is 10.1 Å². The molecule has 1 aliphatic rings. The summed E-state index contributed by atoms with van der Waals surface area (Å²) < 4.78 is 5.12. The number of nitrogens with zero attached hydrogens (tertiary/aromatic N) is 2. The second-order valence-corrected chi connectivity index (χ2v) is 6.52. The van der Waals surface area contributed by atoms with E-state index in [1.54, 1.807) is 55.5 Å². The van der Waals surface area contributed by atoms with Gasteiger partial charge in [0.2, 0.25) is 5.91 Å². The fourth-order valence-corrected chi connectivity index (χ4v) is 2.65. The van der Waals surface area contributed by atoms with Gasteiger partial charge in [0, 0.05) is 28.4 Å². The molecular weight excluding hydrogens is 344 g/mol. The number of aryl methyl sites for hydroxylation is 1. The Hall–Kier alpha value is -3.48. The third kappa shape index (κ3) is 4.03. The van der Waals surface area contributed by atoms with Gasteiger partial charge in [0.15, 0.2) is 5.82 Å². The number of anilines is 2. The van der Waals surface area contributed by atoms with Gasteiger partial charge >= 0.3 is 0 Å². The molecule has 7 heteroatoms. The number of hydrogen-bond donors (Lipinski definition) is 2. The van der Waals surface area contributed by atoms with Crippen LogP contribution in [0.5, 0.6) is 0 Å². The van der Waals surface area contributed by atoms with Crippen LogP contribution < -0.4 is 10.6 Å². The Bertz CT molecular complexity index is 990. The van der Waals surface area contributed by atoms with Crippen molar-refractivity contribution in [2.24, 2.45) is 5.92 Å². The fraction of sp³-hybridized carbons (Fsp3) is 0.200. The summed E-state index contributed by atoms with van der Waals surface area (Å²) in [6.45, 7) is 1.75. The topological polar surface area (TPSA) is 97.1 Å². The van der Waals surface area contributed by atoms with Crippen molar-refractivity contribution in [1.29, 1.82) is 0 Å². The van der Waals surface area contributed by atoms with Crippen molar-refractivity contribution in [3.05, 3.63) is 59.9 Å². The van der Waals surface area contributed by atoms with Crippen LogP contribution in [0.4, 0.5) is 11.4 Å². The number of nitrogens with one attached hydrogen (secondary N) is 2. The zero-order valence-corrected chi connectivity index (χ0v) is 14.7. The van der Waals surface area contributed by atoms with Gasteiger partial charge in [-0.05, 0) is 62.2 Å². The van der Waals surface area contributed by atoms with Crippen molar-refractivity contribution >= 4 is 23.2 Å². The van der Waals surface area contributed by atoms with Crippen LogP contribution >= 0.6 is 0 Å². The standard InChI is InChI=1S/C20H18N4O3/c1-12-21-20(27-24-12)15-9-7-14(8-10-15)19(26)23-17-4-2-3-16(11-17)22-18(25)13-5-6-13/h2-4,7-11,13H,5-6H2,1H3,(H,22,25)(H,23,26). The lowest BCUT2D eigenvalue weighted by atomic mass is 10.1. The highest BCUT2D eigenvalue weighted by atomic mass is 16.5. The molecule has 2 amide bonds. The number of hydrogen-bond acceptors (Lipinski definition) is 5. The van der Waals surface area contributed by atoms with Crippen molar-refractivity contribution in [2.45, 2.75) is 19.8 Å². The molecule has 0 radical (unpaired) electrons. The summed E-state index contributed by atoms with van der Waals surface area (Å²) in [4.78, 5) is 28.5. The maximum Gasteiger partial charge on any atom is 0.257 e. The van der Waals surface area contributed by atoms with Gasteiger partial charge in [-0.3, -0.25) is 9.59 Å². The number of rotatable bonds is 5. The Morgan fingerprint density at radius 2 is 1.74 bits per heavy atom. The first-order valence-corrected chi connectivity index (χ1v) is 8.71. The molecule has 1 saturated carbocycles. The molecule has 2 aromatic carbocycles. The van der Waals surface area contributed by atoms with E-state index < -0.39 is 0 Å². The Morgan fingerprint density at radius 3 is 2.37 bits per heavy atom. The second-order valence-electron chi connectivity index (χ2n) is 6.52. The van der Waals surface area contributed by atoms with E-state index in [0.717, 1.165) is 18.4 Å². The van der Waals surface area contributed by atoms with Crippen LogP contribution in [0.2, 0.25) is 0 Å². The molecule has 27 heavy (non-hydrogen) atoms. The Labute approximate surface area is 155 Å². The first-order valence-electron chi connectivity index (χ1n) is 8.71. The minimum atomic E-state index is -0.242. The van der Waals surface area contributed by atoms with Crippen molar-refractivity contribution in [2.75, 3.05) is 10.6 Å². The highest BCUT2D eigenvalue weighted by Gasteiger charge is 2.29.